The number of rotatable bonds is 9. The van der Waals surface area contributed by atoms with Gasteiger partial charge in [-0.15, -0.1) is 0 Å². The van der Waals surface area contributed by atoms with Crippen LogP contribution >= 0.6 is 31.9 Å². The fraction of sp³-hybridized carbons (Fsp3) is 0.0192. The molecule has 2 aliphatic rings. The molecule has 0 atom stereocenters. The van der Waals surface area contributed by atoms with Gasteiger partial charge in [0.1, 0.15) is 33.5 Å². The number of nitrogen functional groups attached to an aromatic ring is 2. The average Bonchev–Trinajstić information content (AvgIpc) is 1.55. The molecule has 3 heterocycles. The van der Waals surface area contributed by atoms with E-state index in [9.17, 15) is 10.0 Å². The van der Waals surface area contributed by atoms with E-state index in [1.54, 1.807) is 12.1 Å². The Bertz CT molecular complexity index is 6850. The van der Waals surface area contributed by atoms with E-state index in [1.165, 1.54) is 66.8 Å². The maximum atomic E-state index is 9.24. The lowest BCUT2D eigenvalue weighted by atomic mass is 9.68. The molecule has 0 bridgehead atoms. The quantitative estimate of drug-likeness (QED) is 0.0710. The van der Waals surface area contributed by atoms with Crippen molar-refractivity contribution in [3.8, 4) is 44.5 Å². The van der Waals surface area contributed by atoms with Crippen molar-refractivity contribution in [2.24, 2.45) is 0 Å². The third-order valence-electron chi connectivity index (χ3n) is 21.9. The normalized spacial score (nSPS) is 12.4. The van der Waals surface area contributed by atoms with Crippen LogP contribution in [0.5, 0.6) is 0 Å². The van der Waals surface area contributed by atoms with Gasteiger partial charge in [0.05, 0.1) is 10.8 Å². The zero-order valence-electron chi connectivity index (χ0n) is 62.3. The first-order valence-electron chi connectivity index (χ1n) is 38.2. The van der Waals surface area contributed by atoms with Crippen LogP contribution in [0.1, 0.15) is 44.5 Å². The lowest BCUT2D eigenvalue weighted by molar-refractivity contribution is 0.425. The van der Waals surface area contributed by atoms with Gasteiger partial charge < -0.3 is 40.1 Å². The summed E-state index contributed by atoms with van der Waals surface area (Å²) in [5.41, 5.74) is 39.5. The second-order valence-corrected chi connectivity index (χ2v) is 30.4. The van der Waals surface area contributed by atoms with E-state index in [2.05, 4.69) is 328 Å². The van der Waals surface area contributed by atoms with Gasteiger partial charge in [-0.2, -0.15) is 0 Å². The summed E-state index contributed by atoms with van der Waals surface area (Å²) in [4.78, 5) is 0. The third kappa shape index (κ3) is 13.4. The fourth-order valence-corrected chi connectivity index (χ4v) is 18.1. The van der Waals surface area contributed by atoms with Crippen LogP contribution < -0.4 is 22.2 Å². The van der Waals surface area contributed by atoms with E-state index in [1.807, 2.05) is 103 Å². The molecular weight excluding hydrogens is 1540 g/mol. The Kier molecular flexibility index (Phi) is 20.0. The van der Waals surface area contributed by atoms with E-state index in [0.29, 0.717) is 11.0 Å². The van der Waals surface area contributed by atoms with E-state index in [4.69, 9.17) is 24.7 Å². The molecule has 8 nitrogen and oxygen atoms in total. The van der Waals surface area contributed by atoms with Crippen LogP contribution in [0.25, 0.3) is 110 Å². The van der Waals surface area contributed by atoms with Crippen molar-refractivity contribution in [2.45, 2.75) is 10.8 Å². The standard InChI is InChI=1S/C43H29NO.C25H17Br.C18H13NO.C12H9BO3.C6H6BrN/c1-3-15-30(16-4-1)43(31-17-5-2-6-18-31)37-24-9-7-21-36(37)41-38(43)25-13-26-39(41)44-32-19-11-14-29(28-32)33-22-12-23-35-34-20-8-10-27-40(34)45-42(33)35;26-23-17-9-16-22-24(23)20-14-7-8-15-21(20)25(22,18-10-3-1-4-11-18)19-12-5-2-6-13-19;19-13-6-3-5-12(11-13)14-8-4-9-16-15-7-1-2-10-17(15)20-18(14)16;14-13(15)10-6-3-5-9-8-4-1-2-7-11(8)16-12(9)10;7-5-2-1-3-6(8)4-5/h1-28,44H;1-17H;1-11H,19H2;1-7,14-15H;1-4H,8H2. The lowest BCUT2D eigenvalue weighted by Gasteiger charge is -2.33. The average molecular weight is 1620 g/mol. The summed E-state index contributed by atoms with van der Waals surface area (Å²) in [6.07, 6.45) is 0. The monoisotopic (exact) mass is 1610 g/mol. The van der Waals surface area contributed by atoms with Crippen LogP contribution in [0.4, 0.5) is 22.7 Å². The molecule has 0 radical (unpaired) electrons. The molecule has 0 saturated carbocycles. The fourth-order valence-electron chi connectivity index (χ4n) is 17.1. The molecular formula is C104H74BBr2N3O5. The largest absolute Gasteiger partial charge is 0.492 e. The van der Waals surface area contributed by atoms with Crippen LogP contribution in [0.3, 0.4) is 0 Å². The predicted molar refractivity (Wildman–Crippen MR) is 483 cm³/mol. The van der Waals surface area contributed by atoms with Crippen molar-refractivity contribution in [2.75, 3.05) is 16.8 Å². The van der Waals surface area contributed by atoms with E-state index < -0.39 is 12.5 Å². The zero-order chi connectivity index (χ0) is 78.0. The summed E-state index contributed by atoms with van der Waals surface area (Å²) >= 11 is 7.10. The molecule has 0 saturated heterocycles. The number of hydrogen-bond donors (Lipinski definition) is 5. The van der Waals surface area contributed by atoms with Gasteiger partial charge in [-0.3, -0.25) is 0 Å². The smallest absolute Gasteiger partial charge is 0.456 e. The number of benzene rings is 17. The Morgan fingerprint density at radius 2 is 0.643 bits per heavy atom. The highest BCUT2D eigenvalue weighted by atomic mass is 79.9. The van der Waals surface area contributed by atoms with Gasteiger partial charge in [0.2, 0.25) is 0 Å². The van der Waals surface area contributed by atoms with E-state index in [0.717, 1.165) is 114 Å². The molecule has 552 valence electrons. The Balaban J connectivity index is 0.000000111. The van der Waals surface area contributed by atoms with Crippen LogP contribution in [0, 0.1) is 0 Å². The zero-order valence-corrected chi connectivity index (χ0v) is 65.5. The maximum absolute atomic E-state index is 9.24. The third-order valence-corrected chi connectivity index (χ3v) is 23.1. The molecule has 115 heavy (non-hydrogen) atoms. The minimum absolute atomic E-state index is 0.293. The lowest BCUT2D eigenvalue weighted by Crippen LogP contribution is -2.29. The summed E-state index contributed by atoms with van der Waals surface area (Å²) in [5, 5.41) is 28.8. The molecule has 17 aromatic carbocycles. The second kappa shape index (κ2) is 31.6. The van der Waals surface area contributed by atoms with Crippen LogP contribution in [0.15, 0.2) is 429 Å². The minimum Gasteiger partial charge on any atom is -0.456 e. The van der Waals surface area contributed by atoms with Gasteiger partial charge in [-0.25, -0.2) is 0 Å². The van der Waals surface area contributed by atoms with Gasteiger partial charge in [-0.05, 0) is 140 Å². The highest BCUT2D eigenvalue weighted by Gasteiger charge is 2.48. The van der Waals surface area contributed by atoms with Crippen molar-refractivity contribution < 1.29 is 23.3 Å². The molecule has 20 aromatic rings. The van der Waals surface area contributed by atoms with E-state index >= 15 is 0 Å². The summed E-state index contributed by atoms with van der Waals surface area (Å²) in [7, 11) is -1.51. The Labute approximate surface area is 683 Å². The SMILES string of the molecule is Brc1cccc2c1-c1ccccc1C2(c1ccccc1)c1ccccc1.Nc1cccc(-c2cccc3c2oc2ccccc23)c1.Nc1cccc(Br)c1.OB(O)c1cccc2c1oc1ccccc12.c1ccc(C2(c3ccccc3)c3ccccc3-c3c(Nc4cccc(-c5cccc6c5oc5ccccc56)c4)cccc32)cc1. The van der Waals surface area contributed by atoms with Crippen LogP contribution in [-0.4, -0.2) is 17.2 Å². The topological polar surface area (TPSA) is 144 Å². The Morgan fingerprint density at radius 1 is 0.287 bits per heavy atom. The van der Waals surface area contributed by atoms with Crippen molar-refractivity contribution in [1.29, 1.82) is 0 Å². The number of para-hydroxylation sites is 6. The number of furan rings is 3. The predicted octanol–water partition coefficient (Wildman–Crippen LogP) is 26.3. The molecule has 0 fully saturated rings. The molecule has 0 spiro atoms. The Hall–Kier alpha value is -13.5. The first kappa shape index (κ1) is 73.0. The summed E-state index contributed by atoms with van der Waals surface area (Å²) < 4.78 is 20.2. The summed E-state index contributed by atoms with van der Waals surface area (Å²) in [6.45, 7) is 0. The van der Waals surface area contributed by atoms with Crippen molar-refractivity contribution in [3.05, 3.63) is 460 Å². The first-order chi connectivity index (χ1) is 56.5. The molecule has 11 heteroatoms. The number of hydrogen-bond acceptors (Lipinski definition) is 8. The van der Waals surface area contributed by atoms with Gasteiger partial charge >= 0.3 is 7.12 Å². The van der Waals surface area contributed by atoms with Gasteiger partial charge in [0, 0.05) is 91.7 Å². The number of nitrogens with one attached hydrogen (secondary N) is 1. The first-order valence-corrected chi connectivity index (χ1v) is 39.8. The maximum Gasteiger partial charge on any atom is 0.492 e. The Morgan fingerprint density at radius 3 is 1.12 bits per heavy atom. The summed E-state index contributed by atoms with van der Waals surface area (Å²) in [5.74, 6) is 0. The molecule has 0 unspecified atom stereocenters. The highest BCUT2D eigenvalue weighted by Crippen LogP contribution is 2.60. The highest BCUT2D eigenvalue weighted by molar-refractivity contribution is 9.10. The molecule has 0 aliphatic heterocycles. The van der Waals surface area contributed by atoms with Gasteiger partial charge in [0.25, 0.3) is 0 Å². The van der Waals surface area contributed by atoms with E-state index in [-0.39, 0.29) is 5.41 Å². The molecule has 3 aromatic heterocycles. The van der Waals surface area contributed by atoms with Crippen molar-refractivity contribution in [1.82, 2.24) is 0 Å². The second-order valence-electron chi connectivity index (χ2n) is 28.6. The molecule has 2 aliphatic carbocycles. The van der Waals surface area contributed by atoms with Crippen LogP contribution in [0.2, 0.25) is 0 Å². The molecule has 22 rings (SSSR count). The molecule has 7 N–H and O–H groups in total. The van der Waals surface area contributed by atoms with Crippen molar-refractivity contribution in [3.63, 3.8) is 0 Å². The number of fused-ring (bicyclic) bond motifs is 15. The number of nitrogens with two attached hydrogens (primary N) is 2. The number of anilines is 4. The van der Waals surface area contributed by atoms with Gasteiger partial charge in [-0.1, -0.05) is 366 Å². The van der Waals surface area contributed by atoms with Crippen molar-refractivity contribution >= 4 is 133 Å². The minimum atomic E-state index is -1.51. The molecule has 0 amide bonds. The number of halogens is 2. The van der Waals surface area contributed by atoms with Gasteiger partial charge in [0.15, 0.2) is 0 Å². The van der Waals surface area contributed by atoms with Crippen LogP contribution in [-0.2, 0) is 10.8 Å². The summed E-state index contributed by atoms with van der Waals surface area (Å²) in [6, 6.07) is 141.